The number of carbonyl (C=O) groups excluding carboxylic acids is 2. The van der Waals surface area contributed by atoms with Gasteiger partial charge in [0.15, 0.2) is 0 Å². The number of rotatable bonds is 4. The molecule has 0 bridgehead atoms. The van der Waals surface area contributed by atoms with Crippen LogP contribution >= 0.6 is 0 Å². The van der Waals surface area contributed by atoms with Crippen molar-refractivity contribution in [2.75, 3.05) is 21.2 Å². The van der Waals surface area contributed by atoms with Crippen LogP contribution in [-0.4, -0.2) is 49.0 Å². The second kappa shape index (κ2) is 5.94. The number of methoxy groups -OCH3 is 1. The monoisotopic (exact) mass is 276 g/mol. The lowest BCUT2D eigenvalue weighted by Crippen LogP contribution is -2.53. The van der Waals surface area contributed by atoms with Gasteiger partial charge >= 0.3 is 6.03 Å². The summed E-state index contributed by atoms with van der Waals surface area (Å²) in [6, 6.07) is 7.62. The number of nitrogens with zero attached hydrogens (tertiary/aromatic N) is 2. The summed E-state index contributed by atoms with van der Waals surface area (Å²) in [4.78, 5) is 26.4. The molecule has 1 unspecified atom stereocenters. The van der Waals surface area contributed by atoms with Gasteiger partial charge in [0.2, 0.25) is 5.91 Å². The zero-order chi connectivity index (χ0) is 14.7. The predicted molar refractivity (Wildman–Crippen MR) is 75.6 cm³/mol. The average molecular weight is 276 g/mol. The molecule has 2 rings (SSSR count). The maximum Gasteiger partial charge on any atom is 0.326 e. The predicted octanol–water partition coefficient (Wildman–Crippen LogP) is 1.91. The fraction of sp³-hybridized carbons (Fsp3) is 0.467. The molecule has 3 amide bonds. The molecule has 0 aliphatic carbocycles. The molecule has 0 spiro atoms. The van der Waals surface area contributed by atoms with E-state index >= 15 is 0 Å². The zero-order valence-electron chi connectivity index (χ0n) is 12.1. The number of aryl methyl sites for hydroxylation is 1. The molecule has 0 N–H and O–H groups in total. The van der Waals surface area contributed by atoms with Crippen molar-refractivity contribution in [3.8, 4) is 5.75 Å². The second-order valence-electron chi connectivity index (χ2n) is 5.09. The van der Waals surface area contributed by atoms with Gasteiger partial charge in [0.05, 0.1) is 7.11 Å². The highest BCUT2D eigenvalue weighted by atomic mass is 16.5. The Labute approximate surface area is 119 Å². The molecule has 5 heteroatoms. The first-order valence-electron chi connectivity index (χ1n) is 6.69. The summed E-state index contributed by atoms with van der Waals surface area (Å²) in [5.41, 5.74) is 1.18. The molecule has 1 fully saturated rings. The minimum atomic E-state index is -0.221. The van der Waals surface area contributed by atoms with Gasteiger partial charge in [-0.15, -0.1) is 0 Å². The fourth-order valence-corrected chi connectivity index (χ4v) is 2.40. The molecule has 1 atom stereocenters. The van der Waals surface area contributed by atoms with Gasteiger partial charge in [-0.3, -0.25) is 9.69 Å². The second-order valence-corrected chi connectivity index (χ2v) is 5.09. The van der Waals surface area contributed by atoms with Crippen LogP contribution < -0.4 is 4.74 Å². The maximum atomic E-state index is 11.9. The number of hydrogen-bond donors (Lipinski definition) is 0. The van der Waals surface area contributed by atoms with Crippen LogP contribution in [0.3, 0.4) is 0 Å². The van der Waals surface area contributed by atoms with E-state index in [1.165, 1.54) is 17.5 Å². The minimum Gasteiger partial charge on any atom is -0.497 e. The molecule has 1 aliphatic rings. The van der Waals surface area contributed by atoms with E-state index in [4.69, 9.17) is 4.74 Å². The first-order valence-corrected chi connectivity index (χ1v) is 6.69. The number of ether oxygens (including phenoxy) is 1. The molecular weight excluding hydrogens is 256 g/mol. The van der Waals surface area contributed by atoms with E-state index in [-0.39, 0.29) is 18.0 Å². The van der Waals surface area contributed by atoms with Gasteiger partial charge in [-0.1, -0.05) is 12.1 Å². The first-order chi connectivity index (χ1) is 9.52. The molecule has 5 nitrogen and oxygen atoms in total. The van der Waals surface area contributed by atoms with E-state index in [1.807, 2.05) is 24.3 Å². The van der Waals surface area contributed by atoms with E-state index in [9.17, 15) is 9.59 Å². The van der Waals surface area contributed by atoms with Gasteiger partial charge in [-0.25, -0.2) is 4.79 Å². The first kappa shape index (κ1) is 14.4. The Morgan fingerprint density at radius 1 is 1.20 bits per heavy atom. The lowest BCUT2D eigenvalue weighted by molar-refractivity contribution is -0.131. The Balaban J connectivity index is 1.95. The highest BCUT2D eigenvalue weighted by Crippen LogP contribution is 2.20. The molecule has 1 heterocycles. The van der Waals surface area contributed by atoms with Crippen LogP contribution in [0.5, 0.6) is 5.75 Å². The topological polar surface area (TPSA) is 49.9 Å². The van der Waals surface area contributed by atoms with Crippen LogP contribution in [0.2, 0.25) is 0 Å². The van der Waals surface area contributed by atoms with Crippen LogP contribution in [0.25, 0.3) is 0 Å². The maximum absolute atomic E-state index is 11.9. The van der Waals surface area contributed by atoms with E-state index < -0.39 is 0 Å². The van der Waals surface area contributed by atoms with Crippen molar-refractivity contribution < 1.29 is 14.3 Å². The van der Waals surface area contributed by atoms with Crippen molar-refractivity contribution in [3.63, 3.8) is 0 Å². The summed E-state index contributed by atoms with van der Waals surface area (Å²) in [7, 11) is 4.92. The van der Waals surface area contributed by atoms with Gasteiger partial charge in [-0.2, -0.15) is 0 Å². The van der Waals surface area contributed by atoms with E-state index in [0.29, 0.717) is 6.42 Å². The summed E-state index contributed by atoms with van der Waals surface area (Å²) in [5.74, 6) is 0.725. The standard InChI is InChI=1S/C15H20N2O3/c1-16-12(10-14(18)17(2)15(16)19)7-4-11-5-8-13(20-3)9-6-11/h5-6,8-9,12H,4,7,10H2,1-3H3. The molecule has 20 heavy (non-hydrogen) atoms. The molecule has 108 valence electrons. The smallest absolute Gasteiger partial charge is 0.326 e. The fourth-order valence-electron chi connectivity index (χ4n) is 2.40. The van der Waals surface area contributed by atoms with Crippen LogP contribution in [-0.2, 0) is 11.2 Å². The largest absolute Gasteiger partial charge is 0.497 e. The normalized spacial score (nSPS) is 19.4. The van der Waals surface area contributed by atoms with Crippen molar-refractivity contribution in [1.29, 1.82) is 0 Å². The van der Waals surface area contributed by atoms with Crippen LogP contribution in [0.1, 0.15) is 18.4 Å². The van der Waals surface area contributed by atoms with Gasteiger partial charge in [0, 0.05) is 26.6 Å². The Bertz CT molecular complexity index is 498. The number of benzene rings is 1. The van der Waals surface area contributed by atoms with Crippen molar-refractivity contribution in [2.45, 2.75) is 25.3 Å². The lowest BCUT2D eigenvalue weighted by atomic mass is 10.00. The third-order valence-electron chi connectivity index (χ3n) is 3.85. The Morgan fingerprint density at radius 2 is 1.85 bits per heavy atom. The van der Waals surface area contributed by atoms with Crippen molar-refractivity contribution in [2.24, 2.45) is 0 Å². The third-order valence-corrected chi connectivity index (χ3v) is 3.85. The Morgan fingerprint density at radius 3 is 2.45 bits per heavy atom. The molecule has 1 aromatic rings. The summed E-state index contributed by atoms with van der Waals surface area (Å²) < 4.78 is 5.12. The van der Waals surface area contributed by atoms with Gasteiger partial charge < -0.3 is 9.64 Å². The number of imide groups is 1. The highest BCUT2D eigenvalue weighted by Gasteiger charge is 2.33. The van der Waals surface area contributed by atoms with Crippen LogP contribution in [0.15, 0.2) is 24.3 Å². The SMILES string of the molecule is COc1ccc(CCC2CC(=O)N(C)C(=O)N2C)cc1. The molecule has 1 aliphatic heterocycles. The van der Waals surface area contributed by atoms with Gasteiger partial charge in [0.25, 0.3) is 0 Å². The van der Waals surface area contributed by atoms with Crippen LogP contribution in [0, 0.1) is 0 Å². The molecular formula is C15H20N2O3. The molecule has 0 saturated carbocycles. The summed E-state index contributed by atoms with van der Waals surface area (Å²) >= 11 is 0. The third kappa shape index (κ3) is 2.92. The molecule has 0 aromatic heterocycles. The van der Waals surface area contributed by atoms with Crippen molar-refractivity contribution in [1.82, 2.24) is 9.80 Å². The zero-order valence-corrected chi connectivity index (χ0v) is 12.1. The number of amides is 3. The Kier molecular flexibility index (Phi) is 4.27. The van der Waals surface area contributed by atoms with E-state index in [1.54, 1.807) is 19.1 Å². The number of urea groups is 1. The Hall–Kier alpha value is -2.04. The van der Waals surface area contributed by atoms with E-state index in [0.717, 1.165) is 18.6 Å². The average Bonchev–Trinajstić information content (AvgIpc) is 2.48. The van der Waals surface area contributed by atoms with Crippen molar-refractivity contribution in [3.05, 3.63) is 29.8 Å². The van der Waals surface area contributed by atoms with Crippen LogP contribution in [0.4, 0.5) is 4.79 Å². The lowest BCUT2D eigenvalue weighted by Gasteiger charge is -2.36. The van der Waals surface area contributed by atoms with Gasteiger partial charge in [-0.05, 0) is 30.5 Å². The van der Waals surface area contributed by atoms with Crippen molar-refractivity contribution >= 4 is 11.9 Å². The molecule has 1 saturated heterocycles. The summed E-state index contributed by atoms with van der Waals surface area (Å²) in [5, 5.41) is 0. The van der Waals surface area contributed by atoms with E-state index in [2.05, 4.69) is 0 Å². The molecule has 1 aromatic carbocycles. The highest BCUT2D eigenvalue weighted by molar-refractivity contribution is 5.96. The summed E-state index contributed by atoms with van der Waals surface area (Å²) in [6.07, 6.45) is 2.02. The number of carbonyl (C=O) groups is 2. The van der Waals surface area contributed by atoms with Gasteiger partial charge in [0.1, 0.15) is 5.75 Å². The number of hydrogen-bond acceptors (Lipinski definition) is 3. The quantitative estimate of drug-likeness (QED) is 0.844. The minimum absolute atomic E-state index is 0.0201. The molecule has 0 radical (unpaired) electrons. The summed E-state index contributed by atoms with van der Waals surface area (Å²) in [6.45, 7) is 0.